The van der Waals surface area contributed by atoms with Crippen molar-refractivity contribution in [2.75, 3.05) is 67.5 Å². The molecule has 6 N–H and O–H groups in total. The lowest BCUT2D eigenvalue weighted by Crippen LogP contribution is -2.54. The summed E-state index contributed by atoms with van der Waals surface area (Å²) in [7, 11) is 9.11. The minimum Gasteiger partial charge on any atom is -0.493 e. The number of methoxy groups -OCH3 is 4. The van der Waals surface area contributed by atoms with E-state index in [9.17, 15) is 33.6 Å². The highest BCUT2D eigenvalue weighted by atomic mass is 16.6. The minimum atomic E-state index is -1.06. The van der Waals surface area contributed by atoms with Crippen LogP contribution in [0.3, 0.4) is 0 Å². The number of benzene rings is 3. The third kappa shape index (κ3) is 18.2. The number of nitrogens with two attached hydrogens (primary N) is 1. The number of Topliss-reactive ketones (excluding diaryl/α,β-unsaturated/α-hetero) is 1. The molecule has 0 heterocycles. The Hall–Kier alpha value is -7.51. The van der Waals surface area contributed by atoms with Gasteiger partial charge in [0.1, 0.15) is 24.5 Å². The van der Waals surface area contributed by atoms with Crippen molar-refractivity contribution in [1.29, 1.82) is 0 Å². The van der Waals surface area contributed by atoms with Gasteiger partial charge in [-0.15, -0.1) is 0 Å². The van der Waals surface area contributed by atoms with Crippen LogP contribution in [0, 0.1) is 11.8 Å². The number of hydrogen-bond acceptors (Lipinski definition) is 13. The molecule has 0 radical (unpaired) electrons. The standard InChI is InChI=1S/C49H67N7O13/c1-30(2)37(57)20-22-42(58)54-43(31(3)4)46(60)53-36(12-11-23-51-47(50)61)45(59)52-35-18-15-33(16-19-35)29-68-48(62)55(5)24-25-56(6)49(63)69-39-26-32(17-21-38(39)64-7)13-14-34-27-40(65-8)44(67-10)41(28-34)66-9/h13-19,21,26-28,30-31,36,43H,11-12,20,22-25,29H2,1-10H3,(H,52,59)(H,53,60)(H,54,58)(H3,50,51,61)/b14-13-/t36-,43-/m0/s1. The number of carbonyl (C=O) groups excluding carboxylic acids is 7. The Balaban J connectivity index is 1.55. The Bertz CT molecular complexity index is 2240. The van der Waals surface area contributed by atoms with E-state index in [-0.39, 0.29) is 68.9 Å². The first kappa shape index (κ1) is 55.8. The van der Waals surface area contributed by atoms with Crippen LogP contribution in [-0.4, -0.2) is 126 Å². The Morgan fingerprint density at radius 1 is 0.681 bits per heavy atom. The molecule has 20 nitrogen and oxygen atoms in total. The second-order valence-corrected chi connectivity index (χ2v) is 16.6. The number of urea groups is 1. The quantitative estimate of drug-likeness (QED) is 0.0485. The number of rotatable bonds is 26. The van der Waals surface area contributed by atoms with Crippen molar-refractivity contribution in [2.24, 2.45) is 17.6 Å². The van der Waals surface area contributed by atoms with Gasteiger partial charge in [-0.05, 0) is 71.8 Å². The lowest BCUT2D eigenvalue weighted by Gasteiger charge is -2.25. The summed E-state index contributed by atoms with van der Waals surface area (Å²) in [5, 5.41) is 10.6. The topological polar surface area (TPSA) is 255 Å². The lowest BCUT2D eigenvalue weighted by molar-refractivity contribution is -0.132. The van der Waals surface area contributed by atoms with E-state index in [1.54, 1.807) is 82.3 Å². The van der Waals surface area contributed by atoms with Crippen LogP contribution in [0.15, 0.2) is 54.6 Å². The maximum absolute atomic E-state index is 13.5. The molecule has 69 heavy (non-hydrogen) atoms. The number of likely N-dealkylation sites (N-methyl/N-ethyl adjacent to an activating group) is 2. The number of ether oxygens (including phenoxy) is 6. The minimum absolute atomic E-state index is 0.0419. The first-order valence-corrected chi connectivity index (χ1v) is 22.3. The number of anilines is 1. The first-order chi connectivity index (χ1) is 32.8. The summed E-state index contributed by atoms with van der Waals surface area (Å²) in [5.41, 5.74) is 7.66. The van der Waals surface area contributed by atoms with Gasteiger partial charge in [0.05, 0.1) is 28.4 Å². The van der Waals surface area contributed by atoms with Gasteiger partial charge in [0, 0.05) is 58.2 Å². The second kappa shape index (κ2) is 28.0. The molecule has 376 valence electrons. The van der Waals surface area contributed by atoms with Crippen LogP contribution >= 0.6 is 0 Å². The van der Waals surface area contributed by atoms with Gasteiger partial charge < -0.3 is 65.2 Å². The fourth-order valence-corrected chi connectivity index (χ4v) is 6.44. The zero-order valence-electron chi connectivity index (χ0n) is 41.1. The van der Waals surface area contributed by atoms with E-state index < -0.39 is 48.0 Å². The maximum atomic E-state index is 13.5. The number of hydrogen-bond donors (Lipinski definition) is 5. The van der Waals surface area contributed by atoms with Crippen molar-refractivity contribution in [3.05, 3.63) is 71.3 Å². The van der Waals surface area contributed by atoms with E-state index in [2.05, 4.69) is 21.3 Å². The van der Waals surface area contributed by atoms with Gasteiger partial charge in [-0.1, -0.05) is 58.0 Å². The highest BCUT2D eigenvalue weighted by Gasteiger charge is 2.29. The number of nitrogens with one attached hydrogen (secondary N) is 4. The van der Waals surface area contributed by atoms with E-state index in [1.807, 2.05) is 12.2 Å². The van der Waals surface area contributed by atoms with Crippen molar-refractivity contribution in [3.63, 3.8) is 0 Å². The Labute approximate surface area is 403 Å². The summed E-state index contributed by atoms with van der Waals surface area (Å²) in [6.07, 6.45) is 2.71. The molecule has 0 bridgehead atoms. The Kier molecular flexibility index (Phi) is 22.6. The molecule has 2 atom stereocenters. The summed E-state index contributed by atoms with van der Waals surface area (Å²) in [6.45, 7) is 7.26. The molecule has 3 aromatic carbocycles. The molecule has 20 heteroatoms. The average Bonchev–Trinajstić information content (AvgIpc) is 3.32. The van der Waals surface area contributed by atoms with Crippen molar-refractivity contribution in [2.45, 2.75) is 72.1 Å². The van der Waals surface area contributed by atoms with Gasteiger partial charge in [0.2, 0.25) is 23.5 Å². The van der Waals surface area contributed by atoms with E-state index in [0.29, 0.717) is 46.2 Å². The molecule has 3 rings (SSSR count). The zero-order valence-corrected chi connectivity index (χ0v) is 41.1. The van der Waals surface area contributed by atoms with Crippen LogP contribution in [0.5, 0.6) is 28.7 Å². The SMILES string of the molecule is COc1ccc(/C=C\c2cc(OC)c(OC)c(OC)c2)cc1OC(=O)N(C)CCN(C)C(=O)OCc1ccc(NC(=O)[C@H](CCCNC(N)=O)NC(=O)[C@@H](NC(=O)CCC(=O)C(C)C)C(C)C)cc1. The lowest BCUT2D eigenvalue weighted by atomic mass is 10.0. The molecule has 0 unspecified atom stereocenters. The van der Waals surface area contributed by atoms with Gasteiger partial charge in [0.25, 0.3) is 0 Å². The van der Waals surface area contributed by atoms with Crippen molar-refractivity contribution >= 4 is 59.6 Å². The second-order valence-electron chi connectivity index (χ2n) is 16.6. The molecule has 0 fully saturated rings. The summed E-state index contributed by atoms with van der Waals surface area (Å²) >= 11 is 0. The number of primary amides is 1. The highest BCUT2D eigenvalue weighted by molar-refractivity contribution is 5.98. The fraction of sp³-hybridized carbons (Fsp3) is 0.449. The third-order valence-corrected chi connectivity index (χ3v) is 10.6. The van der Waals surface area contributed by atoms with Crippen LogP contribution in [0.25, 0.3) is 12.2 Å². The molecule has 0 aliphatic heterocycles. The van der Waals surface area contributed by atoms with E-state index in [1.165, 1.54) is 52.3 Å². The van der Waals surface area contributed by atoms with Crippen molar-refractivity contribution in [1.82, 2.24) is 25.8 Å². The molecule has 0 saturated heterocycles. The molecular weight excluding hydrogens is 895 g/mol. The molecule has 0 aliphatic rings. The van der Waals surface area contributed by atoms with Crippen LogP contribution in [0.1, 0.15) is 70.1 Å². The predicted molar refractivity (Wildman–Crippen MR) is 259 cm³/mol. The van der Waals surface area contributed by atoms with Crippen LogP contribution < -0.4 is 50.7 Å². The summed E-state index contributed by atoms with van der Waals surface area (Å²) < 4.78 is 32.9. The largest absolute Gasteiger partial charge is 0.493 e. The van der Waals surface area contributed by atoms with Gasteiger partial charge in [-0.3, -0.25) is 19.2 Å². The van der Waals surface area contributed by atoms with Crippen molar-refractivity contribution in [3.8, 4) is 28.7 Å². The molecule has 0 aliphatic carbocycles. The van der Waals surface area contributed by atoms with Crippen molar-refractivity contribution < 1.29 is 62.0 Å². The highest BCUT2D eigenvalue weighted by Crippen LogP contribution is 2.39. The zero-order chi connectivity index (χ0) is 51.2. The van der Waals surface area contributed by atoms with Gasteiger partial charge >= 0.3 is 18.2 Å². The van der Waals surface area contributed by atoms with E-state index >= 15 is 0 Å². The summed E-state index contributed by atoms with van der Waals surface area (Å²) in [6, 6.07) is 12.5. The van der Waals surface area contributed by atoms with Crippen LogP contribution in [0.4, 0.5) is 20.1 Å². The number of carbonyl (C=O) groups is 7. The van der Waals surface area contributed by atoms with E-state index in [4.69, 9.17) is 34.2 Å². The summed E-state index contributed by atoms with van der Waals surface area (Å²) in [4.78, 5) is 91.5. The van der Waals surface area contributed by atoms with Crippen LogP contribution in [0.2, 0.25) is 0 Å². The van der Waals surface area contributed by atoms with Gasteiger partial charge in [-0.2, -0.15) is 0 Å². The maximum Gasteiger partial charge on any atom is 0.415 e. The Morgan fingerprint density at radius 2 is 1.28 bits per heavy atom. The van der Waals surface area contributed by atoms with E-state index in [0.717, 1.165) is 5.56 Å². The molecular formula is C49H67N7O13. The van der Waals surface area contributed by atoms with Crippen LogP contribution in [-0.2, 0) is 30.5 Å². The summed E-state index contributed by atoms with van der Waals surface area (Å²) in [5.74, 6) is -0.259. The monoisotopic (exact) mass is 961 g/mol. The normalized spacial score (nSPS) is 11.8. The fourth-order valence-electron chi connectivity index (χ4n) is 6.44. The number of nitrogens with zero attached hydrogens (tertiary/aromatic N) is 2. The molecule has 0 spiro atoms. The molecule has 3 aromatic rings. The Morgan fingerprint density at radius 3 is 1.84 bits per heavy atom. The molecule has 0 saturated carbocycles. The third-order valence-electron chi connectivity index (χ3n) is 10.6. The van der Waals surface area contributed by atoms with Gasteiger partial charge in [0.15, 0.2) is 23.0 Å². The number of ketones is 1. The smallest absolute Gasteiger partial charge is 0.415 e. The predicted octanol–water partition coefficient (Wildman–Crippen LogP) is 5.61. The number of amides is 7. The average molecular weight is 962 g/mol. The molecule has 0 aromatic heterocycles. The molecule has 7 amide bonds. The van der Waals surface area contributed by atoms with Gasteiger partial charge in [-0.25, -0.2) is 14.4 Å². The first-order valence-electron chi connectivity index (χ1n) is 22.3.